The average Bonchev–Trinajstić information content (AvgIpc) is 2.17. The number of nitriles is 1. The summed E-state index contributed by atoms with van der Waals surface area (Å²) in [4.78, 5) is 0. The van der Waals surface area contributed by atoms with Gasteiger partial charge in [0.2, 0.25) is 0 Å². The van der Waals surface area contributed by atoms with Crippen molar-refractivity contribution < 1.29 is 0 Å². The Balaban J connectivity index is 2.85. The summed E-state index contributed by atoms with van der Waals surface area (Å²) in [6.45, 7) is 5.77. The van der Waals surface area contributed by atoms with E-state index < -0.39 is 0 Å². The summed E-state index contributed by atoms with van der Waals surface area (Å²) in [6.07, 6.45) is 0.759. The predicted octanol–water partition coefficient (Wildman–Crippen LogP) is 2.52. The van der Waals surface area contributed by atoms with E-state index in [1.165, 1.54) is 0 Å². The standard InChI is InChI=1S/C12H14N2/c1-9(2)6-12(14)11-5-3-4-10(7-11)8-13/h3-5,7,12H,1,6,14H2,2H3/t12-/m0/s1. The van der Waals surface area contributed by atoms with E-state index in [4.69, 9.17) is 11.0 Å². The van der Waals surface area contributed by atoms with Gasteiger partial charge in [-0.2, -0.15) is 5.26 Å². The molecule has 0 amide bonds. The zero-order valence-corrected chi connectivity index (χ0v) is 8.33. The van der Waals surface area contributed by atoms with Gasteiger partial charge in [-0.25, -0.2) is 0 Å². The lowest BCUT2D eigenvalue weighted by atomic mass is 10.00. The van der Waals surface area contributed by atoms with Gasteiger partial charge in [-0.05, 0) is 31.0 Å². The molecule has 0 bridgehead atoms. The molecule has 0 unspecified atom stereocenters. The summed E-state index contributed by atoms with van der Waals surface area (Å²) in [7, 11) is 0. The van der Waals surface area contributed by atoms with Crippen LogP contribution >= 0.6 is 0 Å². The first-order chi connectivity index (χ1) is 6.63. The molecule has 1 atom stereocenters. The summed E-state index contributed by atoms with van der Waals surface area (Å²) in [5.41, 5.74) is 8.65. The molecule has 1 aromatic carbocycles. The Morgan fingerprint density at radius 3 is 2.93 bits per heavy atom. The van der Waals surface area contributed by atoms with Crippen molar-refractivity contribution in [3.8, 4) is 6.07 Å². The maximum Gasteiger partial charge on any atom is 0.0991 e. The monoisotopic (exact) mass is 186 g/mol. The largest absolute Gasteiger partial charge is 0.324 e. The van der Waals surface area contributed by atoms with E-state index in [0.29, 0.717) is 5.56 Å². The molecule has 2 N–H and O–H groups in total. The second-order valence-corrected chi connectivity index (χ2v) is 3.50. The summed E-state index contributed by atoms with van der Waals surface area (Å²) in [6, 6.07) is 9.44. The van der Waals surface area contributed by atoms with Gasteiger partial charge in [0.25, 0.3) is 0 Å². The minimum atomic E-state index is -0.0548. The van der Waals surface area contributed by atoms with E-state index in [-0.39, 0.29) is 6.04 Å². The fraction of sp³-hybridized carbons (Fsp3) is 0.250. The van der Waals surface area contributed by atoms with E-state index in [0.717, 1.165) is 17.6 Å². The molecule has 1 aromatic rings. The third-order valence-electron chi connectivity index (χ3n) is 2.01. The molecule has 0 aliphatic rings. The van der Waals surface area contributed by atoms with Gasteiger partial charge in [-0.3, -0.25) is 0 Å². The Morgan fingerprint density at radius 2 is 2.36 bits per heavy atom. The van der Waals surface area contributed by atoms with E-state index in [9.17, 15) is 0 Å². The smallest absolute Gasteiger partial charge is 0.0991 e. The first kappa shape index (κ1) is 10.5. The van der Waals surface area contributed by atoms with Crippen LogP contribution in [0.4, 0.5) is 0 Å². The van der Waals surface area contributed by atoms with Crippen LogP contribution in [0.5, 0.6) is 0 Å². The Morgan fingerprint density at radius 1 is 1.64 bits per heavy atom. The fourth-order valence-corrected chi connectivity index (χ4v) is 1.33. The van der Waals surface area contributed by atoms with Crippen molar-refractivity contribution in [3.63, 3.8) is 0 Å². The van der Waals surface area contributed by atoms with Gasteiger partial charge in [-0.15, -0.1) is 6.58 Å². The maximum atomic E-state index is 8.72. The molecule has 0 aliphatic carbocycles. The first-order valence-electron chi connectivity index (χ1n) is 4.53. The summed E-state index contributed by atoms with van der Waals surface area (Å²) < 4.78 is 0. The number of hydrogen-bond donors (Lipinski definition) is 1. The minimum absolute atomic E-state index is 0.0548. The van der Waals surface area contributed by atoms with Gasteiger partial charge in [0.05, 0.1) is 11.6 Å². The van der Waals surface area contributed by atoms with Gasteiger partial charge in [-0.1, -0.05) is 17.7 Å². The van der Waals surface area contributed by atoms with Crippen LogP contribution in [0.2, 0.25) is 0 Å². The highest BCUT2D eigenvalue weighted by Crippen LogP contribution is 2.18. The van der Waals surface area contributed by atoms with Crippen molar-refractivity contribution in [1.82, 2.24) is 0 Å². The van der Waals surface area contributed by atoms with Crippen LogP contribution in [0.25, 0.3) is 0 Å². The van der Waals surface area contributed by atoms with Crippen molar-refractivity contribution in [3.05, 3.63) is 47.5 Å². The van der Waals surface area contributed by atoms with Crippen LogP contribution in [0.3, 0.4) is 0 Å². The maximum absolute atomic E-state index is 8.72. The van der Waals surface area contributed by atoms with Crippen LogP contribution in [0.15, 0.2) is 36.4 Å². The van der Waals surface area contributed by atoms with Gasteiger partial charge in [0.1, 0.15) is 0 Å². The van der Waals surface area contributed by atoms with E-state index in [1.54, 1.807) is 6.07 Å². The number of hydrogen-bond acceptors (Lipinski definition) is 2. The topological polar surface area (TPSA) is 49.8 Å². The number of nitrogens with two attached hydrogens (primary N) is 1. The van der Waals surface area contributed by atoms with Crippen LogP contribution < -0.4 is 5.73 Å². The van der Waals surface area contributed by atoms with Gasteiger partial charge >= 0.3 is 0 Å². The molecule has 0 spiro atoms. The van der Waals surface area contributed by atoms with E-state index in [2.05, 4.69) is 12.6 Å². The number of rotatable bonds is 3. The van der Waals surface area contributed by atoms with Crippen molar-refractivity contribution >= 4 is 0 Å². The molecule has 1 rings (SSSR count). The molecule has 0 heterocycles. The van der Waals surface area contributed by atoms with Crippen LogP contribution in [0.1, 0.15) is 30.5 Å². The van der Waals surface area contributed by atoms with E-state index in [1.807, 2.05) is 25.1 Å². The van der Waals surface area contributed by atoms with Gasteiger partial charge in [0.15, 0.2) is 0 Å². The minimum Gasteiger partial charge on any atom is -0.324 e. The molecule has 0 saturated carbocycles. The first-order valence-corrected chi connectivity index (χ1v) is 4.53. The zero-order valence-electron chi connectivity index (χ0n) is 8.33. The highest BCUT2D eigenvalue weighted by atomic mass is 14.6. The van der Waals surface area contributed by atoms with Crippen molar-refractivity contribution in [2.24, 2.45) is 5.73 Å². The molecule has 14 heavy (non-hydrogen) atoms. The fourth-order valence-electron chi connectivity index (χ4n) is 1.33. The molecular formula is C12H14N2. The normalized spacial score (nSPS) is 11.8. The summed E-state index contributed by atoms with van der Waals surface area (Å²) in [5, 5.41) is 8.72. The lowest BCUT2D eigenvalue weighted by molar-refractivity contribution is 0.717. The molecule has 0 saturated heterocycles. The van der Waals surface area contributed by atoms with Crippen LogP contribution in [-0.2, 0) is 0 Å². The van der Waals surface area contributed by atoms with Crippen LogP contribution in [-0.4, -0.2) is 0 Å². The quantitative estimate of drug-likeness (QED) is 0.737. The Labute approximate surface area is 84.7 Å². The Kier molecular flexibility index (Phi) is 3.44. The Hall–Kier alpha value is -1.59. The molecule has 0 aromatic heterocycles. The molecular weight excluding hydrogens is 172 g/mol. The summed E-state index contributed by atoms with van der Waals surface area (Å²) >= 11 is 0. The zero-order chi connectivity index (χ0) is 10.6. The molecule has 0 fully saturated rings. The van der Waals surface area contributed by atoms with Crippen LogP contribution in [0, 0.1) is 11.3 Å². The third kappa shape index (κ3) is 2.72. The van der Waals surface area contributed by atoms with E-state index >= 15 is 0 Å². The lowest BCUT2D eigenvalue weighted by Gasteiger charge is -2.11. The summed E-state index contributed by atoms with van der Waals surface area (Å²) in [5.74, 6) is 0. The highest BCUT2D eigenvalue weighted by Gasteiger charge is 2.06. The van der Waals surface area contributed by atoms with Crippen molar-refractivity contribution in [2.75, 3.05) is 0 Å². The molecule has 0 aliphatic heterocycles. The SMILES string of the molecule is C=C(C)C[C@H](N)c1cccc(C#N)c1. The van der Waals surface area contributed by atoms with Crippen molar-refractivity contribution in [2.45, 2.75) is 19.4 Å². The highest BCUT2D eigenvalue weighted by molar-refractivity contribution is 5.34. The third-order valence-corrected chi connectivity index (χ3v) is 2.01. The second kappa shape index (κ2) is 4.59. The predicted molar refractivity (Wildman–Crippen MR) is 57.5 cm³/mol. The number of nitrogens with zero attached hydrogens (tertiary/aromatic N) is 1. The Bertz CT molecular complexity index is 374. The molecule has 72 valence electrons. The second-order valence-electron chi connectivity index (χ2n) is 3.50. The van der Waals surface area contributed by atoms with Gasteiger partial charge in [0, 0.05) is 6.04 Å². The van der Waals surface area contributed by atoms with Crippen molar-refractivity contribution in [1.29, 1.82) is 5.26 Å². The molecule has 0 radical (unpaired) electrons. The lowest BCUT2D eigenvalue weighted by Crippen LogP contribution is -2.10. The molecule has 2 heteroatoms. The average molecular weight is 186 g/mol. The van der Waals surface area contributed by atoms with Gasteiger partial charge < -0.3 is 5.73 Å². The molecule has 2 nitrogen and oxygen atoms in total. The number of benzene rings is 1.